The van der Waals surface area contributed by atoms with Crippen molar-refractivity contribution < 1.29 is 9.53 Å². The minimum Gasteiger partial charge on any atom is -0.384 e. The van der Waals surface area contributed by atoms with Crippen LogP contribution in [0.3, 0.4) is 0 Å². The van der Waals surface area contributed by atoms with Crippen molar-refractivity contribution >= 4 is 28.5 Å². The van der Waals surface area contributed by atoms with E-state index >= 15 is 0 Å². The summed E-state index contributed by atoms with van der Waals surface area (Å²) >= 11 is 2.18. The number of H-pyrrole nitrogens is 1. The molecule has 0 spiro atoms. The fourth-order valence-corrected chi connectivity index (χ4v) is 2.96. The van der Waals surface area contributed by atoms with Gasteiger partial charge in [-0.15, -0.1) is 0 Å². The van der Waals surface area contributed by atoms with Gasteiger partial charge in [-0.1, -0.05) is 0 Å². The normalized spacial score (nSPS) is 18.2. The van der Waals surface area contributed by atoms with Gasteiger partial charge in [0, 0.05) is 28.8 Å². The zero-order valence-corrected chi connectivity index (χ0v) is 13.2. The van der Waals surface area contributed by atoms with E-state index in [1.807, 2.05) is 12.3 Å². The van der Waals surface area contributed by atoms with Crippen molar-refractivity contribution in [1.29, 1.82) is 0 Å². The Morgan fingerprint density at radius 2 is 2.26 bits per heavy atom. The highest BCUT2D eigenvalue weighted by molar-refractivity contribution is 14.1. The summed E-state index contributed by atoms with van der Waals surface area (Å²) in [7, 11) is 1.72. The maximum Gasteiger partial charge on any atom is 0.267 e. The first-order valence-electron chi connectivity index (χ1n) is 6.47. The zero-order chi connectivity index (χ0) is 13.7. The molecule has 1 amide bonds. The molecule has 19 heavy (non-hydrogen) atoms. The van der Waals surface area contributed by atoms with Crippen LogP contribution < -0.4 is 10.6 Å². The molecule has 1 aromatic rings. The van der Waals surface area contributed by atoms with Gasteiger partial charge in [0.1, 0.15) is 5.69 Å². The molecule has 0 aromatic carbocycles. The molecule has 2 rings (SSSR count). The minimum absolute atomic E-state index is 0.0445. The molecule has 5 nitrogen and oxygen atoms in total. The number of carbonyl (C=O) groups excluding carboxylic acids is 1. The molecule has 106 valence electrons. The molecule has 2 heterocycles. The Labute approximate surface area is 127 Å². The lowest BCUT2D eigenvalue weighted by Gasteiger charge is -2.37. The average molecular weight is 377 g/mol. The molecule has 1 saturated heterocycles. The second-order valence-corrected chi connectivity index (χ2v) is 6.34. The van der Waals surface area contributed by atoms with E-state index in [0.29, 0.717) is 18.8 Å². The number of ether oxygens (including phenoxy) is 1. The van der Waals surface area contributed by atoms with Crippen LogP contribution in [-0.4, -0.2) is 44.2 Å². The van der Waals surface area contributed by atoms with Crippen LogP contribution in [-0.2, 0) is 4.74 Å². The molecule has 1 fully saturated rings. The quantitative estimate of drug-likeness (QED) is 0.679. The lowest BCUT2D eigenvalue weighted by atomic mass is 9.79. The van der Waals surface area contributed by atoms with Crippen molar-refractivity contribution in [1.82, 2.24) is 15.6 Å². The topological polar surface area (TPSA) is 66.1 Å². The van der Waals surface area contributed by atoms with Crippen LogP contribution >= 0.6 is 22.6 Å². The summed E-state index contributed by atoms with van der Waals surface area (Å²) in [4.78, 5) is 15.0. The number of aromatic nitrogens is 1. The largest absolute Gasteiger partial charge is 0.384 e. The van der Waals surface area contributed by atoms with Crippen LogP contribution in [0.25, 0.3) is 0 Å². The Balaban J connectivity index is 1.93. The third-order valence-corrected chi connectivity index (χ3v) is 4.25. The van der Waals surface area contributed by atoms with Crippen molar-refractivity contribution in [3.05, 3.63) is 21.5 Å². The Hall–Kier alpha value is -0.600. The van der Waals surface area contributed by atoms with E-state index in [0.717, 1.165) is 29.5 Å². The summed E-state index contributed by atoms with van der Waals surface area (Å²) in [5.74, 6) is -0.0445. The highest BCUT2D eigenvalue weighted by Crippen LogP contribution is 2.28. The van der Waals surface area contributed by atoms with Crippen LogP contribution in [0.5, 0.6) is 0 Å². The molecule has 3 N–H and O–H groups in total. The summed E-state index contributed by atoms with van der Waals surface area (Å²) in [6.07, 6.45) is 3.89. The number of halogens is 1. The predicted octanol–water partition coefficient (Wildman–Crippen LogP) is 1.37. The maximum absolute atomic E-state index is 12.0. The van der Waals surface area contributed by atoms with Crippen LogP contribution in [0.1, 0.15) is 23.3 Å². The summed E-state index contributed by atoms with van der Waals surface area (Å²) in [6, 6.07) is 1.85. The van der Waals surface area contributed by atoms with Crippen LogP contribution in [0.2, 0.25) is 0 Å². The number of nitrogens with one attached hydrogen (secondary N) is 3. The fraction of sp³-hybridized carbons (Fsp3) is 0.615. The van der Waals surface area contributed by atoms with Gasteiger partial charge in [-0.3, -0.25) is 4.79 Å². The van der Waals surface area contributed by atoms with Crippen LogP contribution in [0, 0.1) is 8.99 Å². The standard InChI is InChI=1S/C13H20IN3O2/c1-19-9-13(2-4-15-5-3-13)8-17-12(18)11-6-10(14)7-16-11/h6-7,15-16H,2-5,8-9H2,1H3,(H,17,18). The molecular formula is C13H20IN3O2. The number of hydrogen-bond acceptors (Lipinski definition) is 3. The smallest absolute Gasteiger partial charge is 0.267 e. The second kappa shape index (κ2) is 6.71. The maximum atomic E-state index is 12.0. The number of amides is 1. The zero-order valence-electron chi connectivity index (χ0n) is 11.1. The van der Waals surface area contributed by atoms with Gasteiger partial charge < -0.3 is 20.4 Å². The lowest BCUT2D eigenvalue weighted by Crippen LogP contribution is -2.47. The number of methoxy groups -OCH3 is 1. The van der Waals surface area contributed by atoms with Gasteiger partial charge in [-0.25, -0.2) is 0 Å². The number of hydrogen-bond donors (Lipinski definition) is 3. The van der Waals surface area contributed by atoms with Gasteiger partial charge in [0.2, 0.25) is 0 Å². The summed E-state index contributed by atoms with van der Waals surface area (Å²) in [5.41, 5.74) is 0.681. The van der Waals surface area contributed by atoms with E-state index in [4.69, 9.17) is 4.74 Å². The first-order valence-corrected chi connectivity index (χ1v) is 7.55. The van der Waals surface area contributed by atoms with Gasteiger partial charge in [-0.05, 0) is 54.6 Å². The van der Waals surface area contributed by atoms with Crippen molar-refractivity contribution in [3.63, 3.8) is 0 Å². The van der Waals surface area contributed by atoms with E-state index < -0.39 is 0 Å². The average Bonchev–Trinajstić information content (AvgIpc) is 2.84. The highest BCUT2D eigenvalue weighted by atomic mass is 127. The third-order valence-electron chi connectivity index (χ3n) is 3.63. The summed E-state index contributed by atoms with van der Waals surface area (Å²) < 4.78 is 6.38. The molecular weight excluding hydrogens is 357 g/mol. The van der Waals surface area contributed by atoms with Crippen molar-refractivity contribution in [2.24, 2.45) is 5.41 Å². The van der Waals surface area contributed by atoms with E-state index in [1.165, 1.54) is 0 Å². The lowest BCUT2D eigenvalue weighted by molar-refractivity contribution is 0.0511. The number of rotatable bonds is 5. The SMILES string of the molecule is COCC1(CNC(=O)c2cc(I)c[nH]2)CCNCC1. The predicted molar refractivity (Wildman–Crippen MR) is 82.3 cm³/mol. The summed E-state index contributed by atoms with van der Waals surface area (Å²) in [6.45, 7) is 3.33. The van der Waals surface area contributed by atoms with Crippen LogP contribution in [0.15, 0.2) is 12.3 Å². The van der Waals surface area contributed by atoms with E-state index in [9.17, 15) is 4.79 Å². The molecule has 0 bridgehead atoms. The van der Waals surface area contributed by atoms with E-state index in [-0.39, 0.29) is 11.3 Å². The third kappa shape index (κ3) is 3.93. The van der Waals surface area contributed by atoms with Crippen molar-refractivity contribution in [3.8, 4) is 0 Å². The van der Waals surface area contributed by atoms with E-state index in [1.54, 1.807) is 7.11 Å². The van der Waals surface area contributed by atoms with Gasteiger partial charge in [0.05, 0.1) is 6.61 Å². The molecule has 0 atom stereocenters. The molecule has 1 aromatic heterocycles. The van der Waals surface area contributed by atoms with Crippen molar-refractivity contribution in [2.45, 2.75) is 12.8 Å². The second-order valence-electron chi connectivity index (χ2n) is 5.10. The molecule has 1 aliphatic rings. The number of piperidine rings is 1. The Morgan fingerprint density at radius 1 is 1.53 bits per heavy atom. The molecule has 0 aliphatic carbocycles. The molecule has 0 unspecified atom stereocenters. The fourth-order valence-electron chi connectivity index (χ4n) is 2.50. The minimum atomic E-state index is -0.0445. The Morgan fingerprint density at radius 3 is 2.84 bits per heavy atom. The number of carbonyl (C=O) groups is 1. The first-order chi connectivity index (χ1) is 9.15. The monoisotopic (exact) mass is 377 g/mol. The van der Waals surface area contributed by atoms with Gasteiger partial charge in [0.15, 0.2) is 0 Å². The highest BCUT2D eigenvalue weighted by Gasteiger charge is 2.32. The van der Waals surface area contributed by atoms with Crippen LogP contribution in [0.4, 0.5) is 0 Å². The van der Waals surface area contributed by atoms with E-state index in [2.05, 4.69) is 38.2 Å². The van der Waals surface area contributed by atoms with Gasteiger partial charge >= 0.3 is 0 Å². The first kappa shape index (κ1) is 14.8. The van der Waals surface area contributed by atoms with Crippen molar-refractivity contribution in [2.75, 3.05) is 33.4 Å². The molecule has 0 radical (unpaired) electrons. The molecule has 0 saturated carbocycles. The van der Waals surface area contributed by atoms with Gasteiger partial charge in [-0.2, -0.15) is 0 Å². The number of aromatic amines is 1. The Kier molecular flexibility index (Phi) is 5.23. The Bertz CT molecular complexity index is 422. The molecule has 1 aliphatic heterocycles. The van der Waals surface area contributed by atoms with Gasteiger partial charge in [0.25, 0.3) is 5.91 Å². The molecule has 6 heteroatoms. The summed E-state index contributed by atoms with van der Waals surface area (Å²) in [5, 5.41) is 6.37.